The van der Waals surface area contributed by atoms with E-state index in [9.17, 15) is 18.4 Å². The molecule has 1 aliphatic rings. The third-order valence-electron chi connectivity index (χ3n) is 5.36. The van der Waals surface area contributed by atoms with Crippen molar-refractivity contribution >= 4 is 22.7 Å². The Morgan fingerprint density at radius 3 is 2.48 bits per heavy atom. The molecule has 0 fully saturated rings. The van der Waals surface area contributed by atoms with Gasteiger partial charge in [-0.3, -0.25) is 9.78 Å². The zero-order valence-electron chi connectivity index (χ0n) is 16.8. The number of rotatable bonds is 6. The molecular formula is C24H21F2NO4. The van der Waals surface area contributed by atoms with Gasteiger partial charge in [-0.2, -0.15) is 8.78 Å². The van der Waals surface area contributed by atoms with Gasteiger partial charge in [0.1, 0.15) is 5.75 Å². The number of hydrogen-bond acceptors (Lipinski definition) is 5. The molecule has 0 N–H and O–H groups in total. The number of Topliss-reactive ketones (excluding diaryl/α,β-unsaturated/α-hetero) is 1. The van der Waals surface area contributed by atoms with Gasteiger partial charge in [0, 0.05) is 16.6 Å². The summed E-state index contributed by atoms with van der Waals surface area (Å²) in [4.78, 5) is 30.2. The smallest absolute Gasteiger partial charge is 0.387 e. The first kappa shape index (κ1) is 20.9. The van der Waals surface area contributed by atoms with E-state index in [0.717, 1.165) is 48.9 Å². The van der Waals surface area contributed by atoms with Crippen molar-refractivity contribution in [2.45, 2.75) is 38.7 Å². The Labute approximate surface area is 178 Å². The molecule has 160 valence electrons. The first-order valence-electron chi connectivity index (χ1n) is 10.2. The molecule has 0 bridgehead atoms. The molecule has 0 saturated heterocycles. The number of alkyl halides is 2. The van der Waals surface area contributed by atoms with Crippen LogP contribution in [0, 0.1) is 0 Å². The van der Waals surface area contributed by atoms with Crippen molar-refractivity contribution in [1.29, 1.82) is 0 Å². The Bertz CT molecular complexity index is 1110. The highest BCUT2D eigenvalue weighted by atomic mass is 19.3. The standard InChI is InChI=1S/C24H21F2NO4/c25-24(26)31-16-12-10-15(11-13-16)21(28)14-30-23(29)22-17-6-2-1-3-8-19(17)27-20-9-5-4-7-18(20)22/h4-5,7,9-13,24H,1-3,6,8,14H2. The number of esters is 1. The lowest BCUT2D eigenvalue weighted by Crippen LogP contribution is -2.17. The normalized spacial score (nSPS) is 13.5. The number of pyridine rings is 1. The Balaban J connectivity index is 1.55. The monoisotopic (exact) mass is 425 g/mol. The highest BCUT2D eigenvalue weighted by Crippen LogP contribution is 2.29. The summed E-state index contributed by atoms with van der Waals surface area (Å²) < 4.78 is 34.2. The molecule has 1 heterocycles. The number of nitrogens with zero attached hydrogens (tertiary/aromatic N) is 1. The Hall–Kier alpha value is -3.35. The molecule has 0 spiro atoms. The van der Waals surface area contributed by atoms with Crippen LogP contribution in [0.2, 0.25) is 0 Å². The van der Waals surface area contributed by atoms with Gasteiger partial charge in [0.25, 0.3) is 0 Å². The molecule has 31 heavy (non-hydrogen) atoms. The van der Waals surface area contributed by atoms with Crippen LogP contribution < -0.4 is 4.74 Å². The van der Waals surface area contributed by atoms with Crippen molar-refractivity contribution in [3.05, 3.63) is 70.9 Å². The highest BCUT2D eigenvalue weighted by Gasteiger charge is 2.23. The van der Waals surface area contributed by atoms with Gasteiger partial charge >= 0.3 is 12.6 Å². The van der Waals surface area contributed by atoms with Crippen LogP contribution in [-0.4, -0.2) is 30.0 Å². The van der Waals surface area contributed by atoms with E-state index in [4.69, 9.17) is 9.72 Å². The second kappa shape index (κ2) is 9.20. The minimum Gasteiger partial charge on any atom is -0.454 e. The van der Waals surface area contributed by atoms with E-state index < -0.39 is 25.0 Å². The highest BCUT2D eigenvalue weighted by molar-refractivity contribution is 6.06. The van der Waals surface area contributed by atoms with Crippen molar-refractivity contribution in [2.24, 2.45) is 0 Å². The molecule has 0 radical (unpaired) electrons. The molecule has 0 amide bonds. The first-order valence-corrected chi connectivity index (χ1v) is 10.2. The van der Waals surface area contributed by atoms with Gasteiger partial charge in [-0.05, 0) is 61.6 Å². The molecule has 1 aliphatic carbocycles. The zero-order chi connectivity index (χ0) is 21.8. The number of hydrogen-bond donors (Lipinski definition) is 0. The Kier molecular flexibility index (Phi) is 6.21. The zero-order valence-corrected chi connectivity index (χ0v) is 16.8. The van der Waals surface area contributed by atoms with Crippen molar-refractivity contribution in [3.8, 4) is 5.75 Å². The molecule has 7 heteroatoms. The maximum absolute atomic E-state index is 13.0. The molecule has 2 aromatic carbocycles. The van der Waals surface area contributed by atoms with E-state index in [1.54, 1.807) is 0 Å². The SMILES string of the molecule is O=C(COC(=O)c1c2c(nc3ccccc13)CCCCC2)c1ccc(OC(F)F)cc1. The van der Waals surface area contributed by atoms with Crippen LogP contribution in [0.1, 0.15) is 51.2 Å². The second-order valence-electron chi connectivity index (χ2n) is 7.39. The van der Waals surface area contributed by atoms with Gasteiger partial charge in [-0.1, -0.05) is 24.6 Å². The summed E-state index contributed by atoms with van der Waals surface area (Å²) in [5.41, 5.74) is 3.28. The van der Waals surface area contributed by atoms with Crippen molar-refractivity contribution < 1.29 is 27.8 Å². The molecule has 0 unspecified atom stereocenters. The third kappa shape index (κ3) is 4.71. The number of benzene rings is 2. The lowest BCUT2D eigenvalue weighted by atomic mass is 9.97. The molecular weight excluding hydrogens is 404 g/mol. The molecule has 0 saturated carbocycles. The van der Waals surface area contributed by atoms with Crippen molar-refractivity contribution in [1.82, 2.24) is 4.98 Å². The number of carbonyl (C=O) groups excluding carboxylic acids is 2. The van der Waals surface area contributed by atoms with Crippen LogP contribution in [0.15, 0.2) is 48.5 Å². The molecule has 5 nitrogen and oxygen atoms in total. The fraction of sp³-hybridized carbons (Fsp3) is 0.292. The topological polar surface area (TPSA) is 65.5 Å². The lowest BCUT2D eigenvalue weighted by molar-refractivity contribution is -0.0498. The molecule has 3 aromatic rings. The van der Waals surface area contributed by atoms with Crippen LogP contribution in [0.25, 0.3) is 10.9 Å². The van der Waals surface area contributed by atoms with Crippen LogP contribution >= 0.6 is 0 Å². The molecule has 0 aliphatic heterocycles. The number of aryl methyl sites for hydroxylation is 1. The largest absolute Gasteiger partial charge is 0.454 e. The van der Waals surface area contributed by atoms with E-state index >= 15 is 0 Å². The summed E-state index contributed by atoms with van der Waals surface area (Å²) in [6.45, 7) is -3.38. The lowest BCUT2D eigenvalue weighted by Gasteiger charge is -2.14. The predicted molar refractivity (Wildman–Crippen MR) is 111 cm³/mol. The summed E-state index contributed by atoms with van der Waals surface area (Å²) in [7, 11) is 0. The number of ketones is 1. The van der Waals surface area contributed by atoms with Gasteiger partial charge in [0.15, 0.2) is 12.4 Å². The van der Waals surface area contributed by atoms with Gasteiger partial charge in [-0.15, -0.1) is 0 Å². The summed E-state index contributed by atoms with van der Waals surface area (Å²) in [6.07, 6.45) is 4.63. The van der Waals surface area contributed by atoms with Crippen LogP contribution in [0.3, 0.4) is 0 Å². The fourth-order valence-corrected chi connectivity index (χ4v) is 3.89. The van der Waals surface area contributed by atoms with Gasteiger partial charge in [0.05, 0.1) is 11.1 Å². The van der Waals surface area contributed by atoms with Crippen LogP contribution in [0.5, 0.6) is 5.75 Å². The first-order chi connectivity index (χ1) is 15.0. The number of carbonyl (C=O) groups is 2. The van der Waals surface area contributed by atoms with Gasteiger partial charge in [0.2, 0.25) is 0 Å². The number of para-hydroxylation sites is 1. The minimum atomic E-state index is -2.94. The van der Waals surface area contributed by atoms with E-state index in [1.807, 2.05) is 24.3 Å². The Morgan fingerprint density at radius 2 is 1.71 bits per heavy atom. The van der Waals surface area contributed by atoms with E-state index in [2.05, 4.69) is 4.74 Å². The van der Waals surface area contributed by atoms with Gasteiger partial charge in [-0.25, -0.2) is 4.79 Å². The average Bonchev–Trinajstić information content (AvgIpc) is 3.01. The average molecular weight is 425 g/mol. The Morgan fingerprint density at radius 1 is 0.968 bits per heavy atom. The summed E-state index contributed by atoms with van der Waals surface area (Å²) in [5, 5.41) is 0.717. The minimum absolute atomic E-state index is 0.0468. The molecule has 1 aromatic heterocycles. The van der Waals surface area contributed by atoms with E-state index in [0.29, 0.717) is 10.9 Å². The number of ether oxygens (including phenoxy) is 2. The number of halogens is 2. The predicted octanol–water partition coefficient (Wildman–Crippen LogP) is 5.14. The summed E-state index contributed by atoms with van der Waals surface area (Å²) in [5.74, 6) is -1.03. The number of fused-ring (bicyclic) bond motifs is 2. The maximum Gasteiger partial charge on any atom is 0.387 e. The van der Waals surface area contributed by atoms with Crippen molar-refractivity contribution in [3.63, 3.8) is 0 Å². The van der Waals surface area contributed by atoms with E-state index in [1.165, 1.54) is 24.3 Å². The summed E-state index contributed by atoms with van der Waals surface area (Å²) in [6, 6.07) is 12.7. The van der Waals surface area contributed by atoms with Crippen LogP contribution in [0.4, 0.5) is 8.78 Å². The van der Waals surface area contributed by atoms with Gasteiger partial charge < -0.3 is 9.47 Å². The summed E-state index contributed by atoms with van der Waals surface area (Å²) >= 11 is 0. The number of aromatic nitrogens is 1. The fourth-order valence-electron chi connectivity index (χ4n) is 3.89. The van der Waals surface area contributed by atoms with E-state index in [-0.39, 0.29) is 11.3 Å². The van der Waals surface area contributed by atoms with Crippen LogP contribution in [-0.2, 0) is 17.6 Å². The molecule has 4 rings (SSSR count). The maximum atomic E-state index is 13.0. The second-order valence-corrected chi connectivity index (χ2v) is 7.39. The van der Waals surface area contributed by atoms with Crippen molar-refractivity contribution in [2.75, 3.05) is 6.61 Å². The molecule has 0 atom stereocenters. The quantitative estimate of drug-likeness (QED) is 0.311. The third-order valence-corrected chi connectivity index (χ3v) is 5.36.